The van der Waals surface area contributed by atoms with Crippen molar-refractivity contribution in [3.8, 4) is 5.75 Å². The first-order valence-electron chi connectivity index (χ1n) is 6.44. The lowest BCUT2D eigenvalue weighted by Crippen LogP contribution is -1.98. The summed E-state index contributed by atoms with van der Waals surface area (Å²) >= 11 is 0. The summed E-state index contributed by atoms with van der Waals surface area (Å²) in [5, 5.41) is 19.0. The van der Waals surface area contributed by atoms with Crippen LogP contribution in [-0.2, 0) is 0 Å². The molecule has 0 aliphatic carbocycles. The lowest BCUT2D eigenvalue weighted by molar-refractivity contribution is 0.328. The molecular formula is C17H18O2. The Kier molecular flexibility index (Phi) is 4.37. The molecule has 0 amide bonds. The van der Waals surface area contributed by atoms with Gasteiger partial charge in [0, 0.05) is 0 Å². The Balaban J connectivity index is 2.59. The highest BCUT2D eigenvalue weighted by atomic mass is 16.3. The molecule has 2 nitrogen and oxygen atoms in total. The minimum atomic E-state index is 0.0433. The summed E-state index contributed by atoms with van der Waals surface area (Å²) < 4.78 is 0. The Morgan fingerprint density at radius 1 is 0.895 bits per heavy atom. The monoisotopic (exact) mass is 254 g/mol. The maximum atomic E-state index is 9.57. The Bertz CT molecular complexity index is 548. The van der Waals surface area contributed by atoms with Crippen molar-refractivity contribution < 1.29 is 10.2 Å². The molecule has 0 aliphatic heterocycles. The Hall–Kier alpha value is -2.06. The van der Waals surface area contributed by atoms with Gasteiger partial charge >= 0.3 is 0 Å². The normalized spacial score (nSPS) is 12.1. The molecule has 0 fully saturated rings. The highest BCUT2D eigenvalue weighted by molar-refractivity contribution is 5.82. The number of rotatable bonds is 4. The molecule has 0 saturated carbocycles. The molecule has 0 aliphatic rings. The molecule has 0 radical (unpaired) electrons. The average Bonchev–Trinajstić information content (AvgIpc) is 2.47. The topological polar surface area (TPSA) is 40.5 Å². The highest BCUT2D eigenvalue weighted by Crippen LogP contribution is 2.29. The van der Waals surface area contributed by atoms with E-state index in [1.54, 1.807) is 12.1 Å². The number of hydrogen-bond donors (Lipinski definition) is 2. The SMILES string of the molecule is CC/C(CO)=C(/c1ccccc1)c1ccc(O)cc1. The third-order valence-corrected chi connectivity index (χ3v) is 3.19. The molecule has 2 heteroatoms. The molecule has 0 saturated heterocycles. The number of phenolic OH excluding ortho intramolecular Hbond substituents is 1. The summed E-state index contributed by atoms with van der Waals surface area (Å²) in [6, 6.07) is 17.1. The van der Waals surface area contributed by atoms with Crippen molar-refractivity contribution >= 4 is 5.57 Å². The molecule has 98 valence electrons. The van der Waals surface area contributed by atoms with E-state index in [1.165, 1.54) is 0 Å². The zero-order valence-electron chi connectivity index (χ0n) is 11.0. The number of phenols is 1. The number of hydrogen-bond acceptors (Lipinski definition) is 2. The molecule has 2 aromatic carbocycles. The van der Waals surface area contributed by atoms with Crippen molar-refractivity contribution in [1.29, 1.82) is 0 Å². The Morgan fingerprint density at radius 2 is 1.47 bits per heavy atom. The third kappa shape index (κ3) is 3.04. The maximum Gasteiger partial charge on any atom is 0.115 e. The van der Waals surface area contributed by atoms with Gasteiger partial charge in [0.2, 0.25) is 0 Å². The van der Waals surface area contributed by atoms with E-state index < -0.39 is 0 Å². The van der Waals surface area contributed by atoms with Crippen LogP contribution in [0.3, 0.4) is 0 Å². The lowest BCUT2D eigenvalue weighted by atomic mass is 9.92. The van der Waals surface area contributed by atoms with Crippen LogP contribution in [0.4, 0.5) is 0 Å². The van der Waals surface area contributed by atoms with Crippen LogP contribution in [0, 0.1) is 0 Å². The first-order valence-corrected chi connectivity index (χ1v) is 6.44. The van der Waals surface area contributed by atoms with Gasteiger partial charge in [-0.05, 0) is 40.8 Å². The number of aliphatic hydroxyl groups excluding tert-OH is 1. The smallest absolute Gasteiger partial charge is 0.115 e. The first-order chi connectivity index (χ1) is 9.26. The minimum Gasteiger partial charge on any atom is -0.508 e. The van der Waals surface area contributed by atoms with Gasteiger partial charge in [-0.1, -0.05) is 49.4 Å². The fraction of sp³-hybridized carbons (Fsp3) is 0.176. The van der Waals surface area contributed by atoms with E-state index in [4.69, 9.17) is 0 Å². The van der Waals surface area contributed by atoms with Crippen LogP contribution in [0.15, 0.2) is 60.2 Å². The minimum absolute atomic E-state index is 0.0433. The van der Waals surface area contributed by atoms with Gasteiger partial charge in [0.05, 0.1) is 6.61 Å². The first kappa shape index (κ1) is 13.4. The molecule has 2 rings (SSSR count). The summed E-state index contributed by atoms with van der Waals surface area (Å²) in [6.45, 7) is 2.08. The Labute approximate surface area is 113 Å². The maximum absolute atomic E-state index is 9.57. The molecule has 0 aromatic heterocycles. The van der Waals surface area contributed by atoms with Crippen LogP contribution in [0.25, 0.3) is 5.57 Å². The molecule has 19 heavy (non-hydrogen) atoms. The second kappa shape index (κ2) is 6.21. The van der Waals surface area contributed by atoms with Gasteiger partial charge in [-0.25, -0.2) is 0 Å². The van der Waals surface area contributed by atoms with E-state index in [9.17, 15) is 10.2 Å². The molecule has 2 N–H and O–H groups in total. The number of aliphatic hydroxyl groups is 1. The third-order valence-electron chi connectivity index (χ3n) is 3.19. The predicted molar refractivity (Wildman–Crippen MR) is 77.9 cm³/mol. The van der Waals surface area contributed by atoms with E-state index >= 15 is 0 Å². The zero-order valence-corrected chi connectivity index (χ0v) is 11.0. The van der Waals surface area contributed by atoms with Gasteiger partial charge in [0.15, 0.2) is 0 Å². The molecular weight excluding hydrogens is 236 g/mol. The fourth-order valence-electron chi connectivity index (χ4n) is 2.18. The second-order valence-corrected chi connectivity index (χ2v) is 4.40. The van der Waals surface area contributed by atoms with Crippen molar-refractivity contribution in [2.24, 2.45) is 0 Å². The van der Waals surface area contributed by atoms with Crippen LogP contribution in [0.1, 0.15) is 24.5 Å². The molecule has 0 atom stereocenters. The summed E-state index contributed by atoms with van der Waals surface area (Å²) in [5.41, 5.74) is 4.14. The standard InChI is InChI=1S/C17H18O2/c1-2-13(12-18)17(14-6-4-3-5-7-14)15-8-10-16(19)11-9-15/h3-11,18-19H,2,12H2,1H3/b17-13+. The van der Waals surface area contributed by atoms with E-state index in [0.29, 0.717) is 0 Å². The fourth-order valence-corrected chi connectivity index (χ4v) is 2.18. The van der Waals surface area contributed by atoms with Crippen LogP contribution < -0.4 is 0 Å². The van der Waals surface area contributed by atoms with Crippen LogP contribution in [-0.4, -0.2) is 16.8 Å². The van der Waals surface area contributed by atoms with Gasteiger partial charge in [0.1, 0.15) is 5.75 Å². The molecule has 2 aromatic rings. The van der Waals surface area contributed by atoms with Crippen molar-refractivity contribution in [2.45, 2.75) is 13.3 Å². The molecule has 0 heterocycles. The van der Waals surface area contributed by atoms with E-state index in [1.807, 2.05) is 49.4 Å². The quantitative estimate of drug-likeness (QED) is 0.875. The molecule has 0 spiro atoms. The molecule has 0 bridgehead atoms. The average molecular weight is 254 g/mol. The summed E-state index contributed by atoms with van der Waals surface area (Å²) in [5.74, 6) is 0.248. The van der Waals surface area contributed by atoms with Crippen LogP contribution in [0.2, 0.25) is 0 Å². The summed E-state index contributed by atoms with van der Waals surface area (Å²) in [7, 11) is 0. The second-order valence-electron chi connectivity index (χ2n) is 4.40. The van der Waals surface area contributed by atoms with Crippen molar-refractivity contribution in [3.63, 3.8) is 0 Å². The Morgan fingerprint density at radius 3 is 2.00 bits per heavy atom. The summed E-state index contributed by atoms with van der Waals surface area (Å²) in [6.07, 6.45) is 0.793. The van der Waals surface area contributed by atoms with Gasteiger partial charge in [0.25, 0.3) is 0 Å². The van der Waals surface area contributed by atoms with Crippen molar-refractivity contribution in [3.05, 3.63) is 71.3 Å². The van der Waals surface area contributed by atoms with Crippen molar-refractivity contribution in [1.82, 2.24) is 0 Å². The van der Waals surface area contributed by atoms with Crippen molar-refractivity contribution in [2.75, 3.05) is 6.61 Å². The summed E-state index contributed by atoms with van der Waals surface area (Å²) in [4.78, 5) is 0. The van der Waals surface area contributed by atoms with Gasteiger partial charge in [-0.15, -0.1) is 0 Å². The zero-order chi connectivity index (χ0) is 13.7. The van der Waals surface area contributed by atoms with Crippen LogP contribution >= 0.6 is 0 Å². The van der Waals surface area contributed by atoms with E-state index in [-0.39, 0.29) is 12.4 Å². The predicted octanol–water partition coefficient (Wildman–Crippen LogP) is 3.60. The van der Waals surface area contributed by atoms with E-state index in [0.717, 1.165) is 28.7 Å². The number of benzene rings is 2. The largest absolute Gasteiger partial charge is 0.508 e. The number of aromatic hydroxyl groups is 1. The van der Waals surface area contributed by atoms with E-state index in [2.05, 4.69) is 0 Å². The molecule has 0 unspecified atom stereocenters. The highest BCUT2D eigenvalue weighted by Gasteiger charge is 2.10. The van der Waals surface area contributed by atoms with Crippen LogP contribution in [0.5, 0.6) is 5.75 Å². The van der Waals surface area contributed by atoms with Gasteiger partial charge in [-0.2, -0.15) is 0 Å². The lowest BCUT2D eigenvalue weighted by Gasteiger charge is -2.14. The van der Waals surface area contributed by atoms with Gasteiger partial charge in [-0.3, -0.25) is 0 Å². The van der Waals surface area contributed by atoms with Gasteiger partial charge < -0.3 is 10.2 Å².